The summed E-state index contributed by atoms with van der Waals surface area (Å²) in [5, 5.41) is 12.2. The average molecular weight is 394 g/mol. The third-order valence-corrected chi connectivity index (χ3v) is 5.41. The Bertz CT molecular complexity index is 988. The fourth-order valence-corrected chi connectivity index (χ4v) is 3.46. The van der Waals surface area contributed by atoms with Gasteiger partial charge < -0.3 is 10.1 Å². The second kappa shape index (κ2) is 8.89. The number of aromatic nitrogens is 2. The number of aryl methyl sites for hydroxylation is 3. The number of methoxy groups -OCH3 is 1. The number of hydrogen-bond acceptors (Lipinski definition) is 5. The van der Waals surface area contributed by atoms with E-state index >= 15 is 0 Å². The minimum atomic E-state index is -0.120. The molecule has 3 rings (SSSR count). The molecule has 0 fully saturated rings. The molecule has 0 aliphatic rings. The molecule has 3 aromatic rings. The Labute approximate surface area is 169 Å². The summed E-state index contributed by atoms with van der Waals surface area (Å²) >= 11 is 1.35. The predicted octanol–water partition coefficient (Wildman–Crippen LogP) is 4.81. The summed E-state index contributed by atoms with van der Waals surface area (Å²) in [6.07, 6.45) is 0. The molecule has 0 bridgehead atoms. The monoisotopic (exact) mass is 393 g/mol. The van der Waals surface area contributed by atoms with Gasteiger partial charge in [0.05, 0.1) is 24.2 Å². The van der Waals surface area contributed by atoms with Gasteiger partial charge in [0, 0.05) is 5.56 Å². The van der Waals surface area contributed by atoms with Crippen LogP contribution in [0.1, 0.15) is 16.7 Å². The van der Waals surface area contributed by atoms with Gasteiger partial charge in [-0.05, 0) is 67.8 Å². The Kier molecular flexibility index (Phi) is 6.31. The number of carbonyl (C=O) groups excluding carboxylic acids is 1. The van der Waals surface area contributed by atoms with Gasteiger partial charge in [-0.15, -0.1) is 10.2 Å². The minimum Gasteiger partial charge on any atom is -0.495 e. The first-order valence-electron chi connectivity index (χ1n) is 8.95. The maximum absolute atomic E-state index is 12.2. The van der Waals surface area contributed by atoms with Crippen molar-refractivity contribution in [3.8, 4) is 17.0 Å². The van der Waals surface area contributed by atoms with E-state index < -0.39 is 0 Å². The molecule has 1 N–H and O–H groups in total. The zero-order valence-corrected chi connectivity index (χ0v) is 17.3. The van der Waals surface area contributed by atoms with E-state index in [1.54, 1.807) is 7.11 Å². The molecule has 6 heteroatoms. The molecule has 28 heavy (non-hydrogen) atoms. The SMILES string of the molecule is COc1ccccc1NC(=O)CSc1ccc(-c2cc(C)c(C)cc2C)nn1. The highest BCUT2D eigenvalue weighted by Crippen LogP contribution is 2.26. The number of carbonyl (C=O) groups is 1. The molecule has 0 radical (unpaired) electrons. The van der Waals surface area contributed by atoms with Crippen molar-refractivity contribution in [3.05, 3.63) is 65.2 Å². The topological polar surface area (TPSA) is 64.1 Å². The van der Waals surface area contributed by atoms with E-state index in [9.17, 15) is 4.79 Å². The van der Waals surface area contributed by atoms with Gasteiger partial charge in [0.15, 0.2) is 0 Å². The lowest BCUT2D eigenvalue weighted by atomic mass is 9.99. The molecule has 0 spiro atoms. The van der Waals surface area contributed by atoms with Crippen molar-refractivity contribution in [2.75, 3.05) is 18.2 Å². The first-order valence-corrected chi connectivity index (χ1v) is 9.94. The van der Waals surface area contributed by atoms with Gasteiger partial charge >= 0.3 is 0 Å². The smallest absolute Gasteiger partial charge is 0.234 e. The predicted molar refractivity (Wildman–Crippen MR) is 114 cm³/mol. The van der Waals surface area contributed by atoms with Crippen LogP contribution >= 0.6 is 11.8 Å². The summed E-state index contributed by atoms with van der Waals surface area (Å²) in [4.78, 5) is 12.2. The van der Waals surface area contributed by atoms with Crippen molar-refractivity contribution in [3.63, 3.8) is 0 Å². The van der Waals surface area contributed by atoms with Crippen LogP contribution in [0.15, 0.2) is 53.6 Å². The highest BCUT2D eigenvalue weighted by molar-refractivity contribution is 7.99. The summed E-state index contributed by atoms with van der Waals surface area (Å²) in [6, 6.07) is 15.5. The summed E-state index contributed by atoms with van der Waals surface area (Å²) in [5.41, 5.74) is 6.25. The van der Waals surface area contributed by atoms with Gasteiger partial charge in [-0.1, -0.05) is 30.0 Å². The number of nitrogens with zero attached hydrogens (tertiary/aromatic N) is 2. The van der Waals surface area contributed by atoms with Gasteiger partial charge in [0.2, 0.25) is 5.91 Å². The van der Waals surface area contributed by atoms with Crippen LogP contribution in [0.5, 0.6) is 5.75 Å². The zero-order valence-electron chi connectivity index (χ0n) is 16.4. The van der Waals surface area contributed by atoms with E-state index in [0.29, 0.717) is 16.5 Å². The van der Waals surface area contributed by atoms with Crippen molar-refractivity contribution in [1.29, 1.82) is 0 Å². The van der Waals surface area contributed by atoms with Gasteiger partial charge in [0.1, 0.15) is 10.8 Å². The van der Waals surface area contributed by atoms with Gasteiger partial charge in [-0.25, -0.2) is 0 Å². The lowest BCUT2D eigenvalue weighted by Crippen LogP contribution is -2.14. The molecule has 0 saturated heterocycles. The molecular weight excluding hydrogens is 370 g/mol. The van der Waals surface area contributed by atoms with Gasteiger partial charge in [0.25, 0.3) is 0 Å². The number of anilines is 1. The van der Waals surface area contributed by atoms with Gasteiger partial charge in [-0.3, -0.25) is 4.79 Å². The second-order valence-electron chi connectivity index (χ2n) is 6.55. The van der Waals surface area contributed by atoms with Crippen LogP contribution in [0.25, 0.3) is 11.3 Å². The molecule has 2 aromatic carbocycles. The largest absolute Gasteiger partial charge is 0.495 e. The van der Waals surface area contributed by atoms with Crippen LogP contribution in [0.4, 0.5) is 5.69 Å². The van der Waals surface area contributed by atoms with Crippen molar-refractivity contribution >= 4 is 23.4 Å². The number of benzene rings is 2. The molecular formula is C22H23N3O2S. The standard InChI is InChI=1S/C22H23N3O2S/c1-14-11-16(3)17(12-15(14)2)18-9-10-22(25-24-18)28-13-21(26)23-19-7-5-6-8-20(19)27-4/h5-12H,13H2,1-4H3,(H,23,26). The van der Waals surface area contributed by atoms with Crippen LogP contribution < -0.4 is 10.1 Å². The third kappa shape index (κ3) is 4.70. The van der Waals surface area contributed by atoms with E-state index in [4.69, 9.17) is 4.74 Å². The molecule has 144 valence electrons. The Balaban J connectivity index is 1.63. The first-order chi connectivity index (χ1) is 13.5. The van der Waals surface area contributed by atoms with Crippen LogP contribution in [-0.4, -0.2) is 29.0 Å². The number of thioether (sulfide) groups is 1. The molecule has 1 aromatic heterocycles. The molecule has 0 unspecified atom stereocenters. The maximum Gasteiger partial charge on any atom is 0.234 e. The second-order valence-corrected chi connectivity index (χ2v) is 7.54. The van der Waals surface area contributed by atoms with E-state index in [0.717, 1.165) is 11.3 Å². The summed E-state index contributed by atoms with van der Waals surface area (Å²) in [5.74, 6) is 0.758. The number of ether oxygens (including phenoxy) is 1. The van der Waals surface area contributed by atoms with E-state index in [-0.39, 0.29) is 11.7 Å². The van der Waals surface area contributed by atoms with Crippen LogP contribution in [0, 0.1) is 20.8 Å². The zero-order chi connectivity index (χ0) is 20.1. The van der Waals surface area contributed by atoms with E-state index in [2.05, 4.69) is 48.4 Å². The molecule has 1 heterocycles. The molecule has 0 aliphatic heterocycles. The number of hydrogen-bond donors (Lipinski definition) is 1. The van der Waals surface area contributed by atoms with Crippen molar-refractivity contribution in [2.24, 2.45) is 0 Å². The lowest BCUT2D eigenvalue weighted by Gasteiger charge is -2.10. The number of amides is 1. The van der Waals surface area contributed by atoms with Crippen molar-refractivity contribution in [2.45, 2.75) is 25.8 Å². The van der Waals surface area contributed by atoms with Gasteiger partial charge in [-0.2, -0.15) is 0 Å². The number of nitrogens with one attached hydrogen (secondary N) is 1. The average Bonchev–Trinajstić information content (AvgIpc) is 2.70. The summed E-state index contributed by atoms with van der Waals surface area (Å²) in [7, 11) is 1.58. The molecule has 1 amide bonds. The van der Waals surface area contributed by atoms with E-state index in [1.165, 1.54) is 28.5 Å². The highest BCUT2D eigenvalue weighted by Gasteiger charge is 2.10. The summed E-state index contributed by atoms with van der Waals surface area (Å²) in [6.45, 7) is 6.28. The number of rotatable bonds is 6. The first kappa shape index (κ1) is 19.9. The van der Waals surface area contributed by atoms with Crippen LogP contribution in [0.3, 0.4) is 0 Å². The Morgan fingerprint density at radius 2 is 1.75 bits per heavy atom. The third-order valence-electron chi connectivity index (χ3n) is 4.49. The molecule has 5 nitrogen and oxygen atoms in total. The summed E-state index contributed by atoms with van der Waals surface area (Å²) < 4.78 is 5.25. The highest BCUT2D eigenvalue weighted by atomic mass is 32.2. The molecule has 0 saturated carbocycles. The minimum absolute atomic E-state index is 0.120. The fourth-order valence-electron chi connectivity index (χ4n) is 2.85. The van der Waals surface area contributed by atoms with Crippen molar-refractivity contribution in [1.82, 2.24) is 10.2 Å². The number of para-hydroxylation sites is 2. The van der Waals surface area contributed by atoms with Crippen LogP contribution in [-0.2, 0) is 4.79 Å². The Hall–Kier alpha value is -2.86. The Morgan fingerprint density at radius 1 is 1.00 bits per heavy atom. The lowest BCUT2D eigenvalue weighted by molar-refractivity contribution is -0.113. The Morgan fingerprint density at radius 3 is 2.46 bits per heavy atom. The van der Waals surface area contributed by atoms with Crippen molar-refractivity contribution < 1.29 is 9.53 Å². The van der Waals surface area contributed by atoms with Crippen LogP contribution in [0.2, 0.25) is 0 Å². The molecule has 0 aliphatic carbocycles. The molecule has 0 atom stereocenters. The normalized spacial score (nSPS) is 10.6. The quantitative estimate of drug-likeness (QED) is 0.609. The fraction of sp³-hybridized carbons (Fsp3) is 0.227. The van der Waals surface area contributed by atoms with E-state index in [1.807, 2.05) is 36.4 Å². The maximum atomic E-state index is 12.2.